The third kappa shape index (κ3) is 23.0. The molecule has 0 aliphatic heterocycles. The normalized spacial score (nSPS) is 11.3. The molecule has 0 aromatic carbocycles. The van der Waals surface area contributed by atoms with Crippen LogP contribution in [0.4, 0.5) is 17.6 Å². The molecule has 0 radical (unpaired) electrons. The van der Waals surface area contributed by atoms with Crippen LogP contribution < -0.4 is 22.5 Å². The van der Waals surface area contributed by atoms with Crippen molar-refractivity contribution in [2.45, 2.75) is 97.6 Å². The number of halogens is 8. The van der Waals surface area contributed by atoms with E-state index in [1.807, 2.05) is 0 Å². The van der Waals surface area contributed by atoms with Crippen molar-refractivity contribution in [3.05, 3.63) is 64.1 Å². The molecule has 2 aromatic rings. The van der Waals surface area contributed by atoms with Gasteiger partial charge in [-0.05, 0) is 12.1 Å². The Hall–Kier alpha value is -1.41. The number of ether oxygens (including phenoxy) is 2. The molecule has 0 unspecified atom stereocenters. The minimum absolute atomic E-state index is 0.0278. The smallest absolute Gasteiger partial charge is 0.334 e. The molecule has 0 bridgehead atoms. The van der Waals surface area contributed by atoms with Crippen LogP contribution in [0.25, 0.3) is 0 Å². The van der Waals surface area contributed by atoms with Gasteiger partial charge in [0.05, 0.1) is 11.9 Å². The lowest BCUT2D eigenvalue weighted by Crippen LogP contribution is -2.41. The summed E-state index contributed by atoms with van der Waals surface area (Å²) in [5, 5.41) is 0.162. The standard InChI is InChI=1S/C12H19ClF2N2O3Si.C10H17ClN2O3Si.C3H6F2.CH2Cl2/c1-21(2,3)5-4-20-8-17-9(13)6-11(18)16(12(17)19)7-10(14)15;1-17(2,3)5-4-16-7-13-8(11)6-9(14)12-10(13)15;1-2-3(4)5;2-1-3/h6,10H,4-5,7-8H2,1-3H3;6H,4-5,7H2,1-3H3,(H,12,14,15);3H,2H2,1H3;1H2. The van der Waals surface area contributed by atoms with Crippen LogP contribution in [-0.2, 0) is 29.5 Å². The van der Waals surface area contributed by atoms with E-state index in [1.165, 1.54) is 11.5 Å². The zero-order valence-electron chi connectivity index (χ0n) is 27.0. The van der Waals surface area contributed by atoms with Crippen LogP contribution in [-0.4, -0.2) is 66.2 Å². The fraction of sp³-hybridized carbons (Fsp3) is 0.692. The molecule has 268 valence electrons. The number of alkyl halides is 6. The summed E-state index contributed by atoms with van der Waals surface area (Å²) < 4.78 is 59.7. The fourth-order valence-electron chi connectivity index (χ4n) is 2.69. The Morgan fingerprint density at radius 1 is 0.761 bits per heavy atom. The fourth-order valence-corrected chi connectivity index (χ4v) is 4.65. The lowest BCUT2D eigenvalue weighted by Gasteiger charge is -2.16. The van der Waals surface area contributed by atoms with E-state index in [4.69, 9.17) is 55.9 Å². The maximum Gasteiger partial charge on any atom is 0.334 e. The van der Waals surface area contributed by atoms with Crippen molar-refractivity contribution >= 4 is 62.6 Å². The van der Waals surface area contributed by atoms with Crippen molar-refractivity contribution in [3.8, 4) is 0 Å². The van der Waals surface area contributed by atoms with E-state index in [9.17, 15) is 36.7 Å². The van der Waals surface area contributed by atoms with Crippen LogP contribution in [0, 0.1) is 0 Å². The molecule has 0 atom stereocenters. The first-order valence-electron chi connectivity index (χ1n) is 13.9. The van der Waals surface area contributed by atoms with Gasteiger partial charge in [0.15, 0.2) is 0 Å². The predicted molar refractivity (Wildman–Crippen MR) is 183 cm³/mol. The molecule has 0 aliphatic rings. The predicted octanol–water partition coefficient (Wildman–Crippen LogP) is 6.83. The molecule has 0 fully saturated rings. The molecule has 2 heterocycles. The molecular formula is C26H44Cl4F4N4O6Si2. The Morgan fingerprint density at radius 2 is 1.17 bits per heavy atom. The second-order valence-electron chi connectivity index (χ2n) is 11.8. The molecule has 20 heteroatoms. The van der Waals surface area contributed by atoms with E-state index in [-0.39, 0.29) is 35.5 Å². The van der Waals surface area contributed by atoms with Gasteiger partial charge < -0.3 is 9.47 Å². The highest BCUT2D eigenvalue weighted by Gasteiger charge is 2.16. The topological polar surface area (TPSA) is 117 Å². The maximum absolute atomic E-state index is 12.4. The van der Waals surface area contributed by atoms with Gasteiger partial charge in [0.1, 0.15) is 23.8 Å². The van der Waals surface area contributed by atoms with E-state index in [0.717, 1.165) is 28.8 Å². The number of nitrogens with zero attached hydrogens (tertiary/aromatic N) is 3. The number of aromatic amines is 1. The monoisotopic (exact) mass is 780 g/mol. The SMILES string of the molecule is CCC(F)F.C[Si](C)(C)CCOCn1c(Cl)cc(=O)[nH]c1=O.C[Si](C)(C)CCOCn1c(Cl)cc(=O)n(CC(F)F)c1=O.ClCCl. The summed E-state index contributed by atoms with van der Waals surface area (Å²) in [6, 6.07) is 4.01. The van der Waals surface area contributed by atoms with Crippen molar-refractivity contribution in [2.75, 3.05) is 18.6 Å². The molecule has 46 heavy (non-hydrogen) atoms. The minimum Gasteiger partial charge on any atom is -0.361 e. The Balaban J connectivity index is 0. The maximum atomic E-state index is 12.4. The van der Waals surface area contributed by atoms with Crippen LogP contribution in [0.15, 0.2) is 31.3 Å². The summed E-state index contributed by atoms with van der Waals surface area (Å²) in [7, 11) is -2.40. The van der Waals surface area contributed by atoms with E-state index in [0.29, 0.717) is 17.8 Å². The highest BCUT2D eigenvalue weighted by atomic mass is 35.5. The Labute approximate surface area is 287 Å². The van der Waals surface area contributed by atoms with Crippen molar-refractivity contribution in [1.82, 2.24) is 18.7 Å². The lowest BCUT2D eigenvalue weighted by atomic mass is 10.5. The first-order valence-corrected chi connectivity index (χ1v) is 23.2. The summed E-state index contributed by atoms with van der Waals surface area (Å²) in [6.45, 7) is 14.7. The van der Waals surface area contributed by atoms with Gasteiger partial charge in [0.2, 0.25) is 6.43 Å². The number of H-pyrrole nitrogens is 1. The molecule has 0 aliphatic carbocycles. The van der Waals surface area contributed by atoms with Gasteiger partial charge in [-0.3, -0.25) is 28.3 Å². The number of hydrogen-bond acceptors (Lipinski definition) is 6. The molecule has 0 saturated carbocycles. The van der Waals surface area contributed by atoms with Crippen LogP contribution in [0.5, 0.6) is 0 Å². The summed E-state index contributed by atoms with van der Waals surface area (Å²) in [5.74, 6) is 0. The van der Waals surface area contributed by atoms with Crippen LogP contribution in [0.3, 0.4) is 0 Å². The molecule has 0 saturated heterocycles. The van der Waals surface area contributed by atoms with Crippen molar-refractivity contribution in [3.63, 3.8) is 0 Å². The Bertz CT molecular complexity index is 1380. The third-order valence-electron chi connectivity index (χ3n) is 5.27. The largest absolute Gasteiger partial charge is 0.361 e. The Morgan fingerprint density at radius 3 is 1.54 bits per heavy atom. The van der Waals surface area contributed by atoms with Gasteiger partial charge >= 0.3 is 11.4 Å². The average Bonchev–Trinajstić information content (AvgIpc) is 2.89. The third-order valence-corrected chi connectivity index (χ3v) is 9.31. The second kappa shape index (κ2) is 23.8. The number of hydrogen-bond donors (Lipinski definition) is 1. The van der Waals surface area contributed by atoms with Gasteiger partial charge in [-0.25, -0.2) is 27.2 Å². The van der Waals surface area contributed by atoms with Gasteiger partial charge in [-0.2, -0.15) is 0 Å². The van der Waals surface area contributed by atoms with E-state index >= 15 is 0 Å². The molecule has 2 aromatic heterocycles. The Kier molecular flexibility index (Phi) is 24.2. The van der Waals surface area contributed by atoms with Crippen molar-refractivity contribution in [2.24, 2.45) is 0 Å². The molecule has 10 nitrogen and oxygen atoms in total. The van der Waals surface area contributed by atoms with Crippen LogP contribution in [0.1, 0.15) is 13.3 Å². The van der Waals surface area contributed by atoms with Gasteiger partial charge in [0.25, 0.3) is 17.5 Å². The van der Waals surface area contributed by atoms with E-state index < -0.39 is 58.0 Å². The lowest BCUT2D eigenvalue weighted by molar-refractivity contribution is 0.0797. The summed E-state index contributed by atoms with van der Waals surface area (Å²) >= 11 is 21.1. The van der Waals surface area contributed by atoms with Gasteiger partial charge in [0, 0.05) is 47.9 Å². The molecule has 0 amide bonds. The van der Waals surface area contributed by atoms with Gasteiger partial charge in [-0.15, -0.1) is 23.2 Å². The zero-order chi connectivity index (χ0) is 36.3. The molecular weight excluding hydrogens is 738 g/mol. The second-order valence-corrected chi connectivity index (χ2v) is 24.6. The highest BCUT2D eigenvalue weighted by Crippen LogP contribution is 2.10. The van der Waals surface area contributed by atoms with E-state index in [1.54, 1.807) is 0 Å². The minimum atomic E-state index is -2.79. The summed E-state index contributed by atoms with van der Waals surface area (Å²) in [6.07, 6.45) is -4.94. The van der Waals surface area contributed by atoms with E-state index in [2.05, 4.69) is 44.3 Å². The highest BCUT2D eigenvalue weighted by molar-refractivity contribution is 6.76. The number of aromatic nitrogens is 4. The quantitative estimate of drug-likeness (QED) is 0.0784. The number of nitrogens with one attached hydrogen (secondary N) is 1. The average molecular weight is 783 g/mol. The van der Waals surface area contributed by atoms with Crippen LogP contribution >= 0.6 is 46.4 Å². The summed E-state index contributed by atoms with van der Waals surface area (Å²) in [4.78, 5) is 48.0. The van der Waals surface area contributed by atoms with Crippen molar-refractivity contribution in [1.29, 1.82) is 0 Å². The zero-order valence-corrected chi connectivity index (χ0v) is 32.0. The first kappa shape index (κ1) is 46.7. The van der Waals surface area contributed by atoms with Crippen LogP contribution in [0.2, 0.25) is 61.7 Å². The molecule has 0 spiro atoms. The molecule has 2 rings (SSSR count). The molecule has 1 N–H and O–H groups in total. The number of rotatable bonds is 13. The van der Waals surface area contributed by atoms with Gasteiger partial charge in [-0.1, -0.05) is 69.4 Å². The van der Waals surface area contributed by atoms with Crippen molar-refractivity contribution < 1.29 is 27.0 Å². The first-order chi connectivity index (χ1) is 21.1. The summed E-state index contributed by atoms with van der Waals surface area (Å²) in [5.41, 5.74) is -2.78.